The summed E-state index contributed by atoms with van der Waals surface area (Å²) in [6.45, 7) is 0. The molecule has 0 amide bonds. The molecule has 0 aliphatic heterocycles. The van der Waals surface area contributed by atoms with Gasteiger partial charge in [-0.3, -0.25) is 4.98 Å². The molecule has 1 N–H and O–H groups in total. The molecule has 2 nitrogen and oxygen atoms in total. The van der Waals surface area contributed by atoms with Crippen LogP contribution in [0.4, 0.5) is 4.39 Å². The molecular weight excluding hydrogens is 167 g/mol. The fourth-order valence-corrected chi connectivity index (χ4v) is 1.25. The lowest BCUT2D eigenvalue weighted by Gasteiger charge is -1.90. The Bertz CT molecular complexity index is 396. The van der Waals surface area contributed by atoms with Crippen LogP contribution in [-0.4, -0.2) is 9.97 Å². The first-order valence-corrected chi connectivity index (χ1v) is 3.43. The Labute approximate surface area is 67.0 Å². The molecule has 0 aliphatic rings. The summed E-state index contributed by atoms with van der Waals surface area (Å²) < 4.78 is 12.9. The van der Waals surface area contributed by atoms with Gasteiger partial charge in [-0.05, 0) is 0 Å². The quantitative estimate of drug-likeness (QED) is 0.646. The fourth-order valence-electron chi connectivity index (χ4n) is 1.00. The first-order valence-electron chi connectivity index (χ1n) is 3.05. The maximum Gasteiger partial charge on any atom is 0.150 e. The van der Waals surface area contributed by atoms with E-state index in [4.69, 9.17) is 11.6 Å². The molecule has 0 radical (unpaired) electrons. The van der Waals surface area contributed by atoms with Crippen molar-refractivity contribution >= 4 is 22.5 Å². The molecule has 2 aromatic heterocycles. The van der Waals surface area contributed by atoms with Crippen LogP contribution < -0.4 is 0 Å². The number of fused-ring (bicyclic) bond motifs is 1. The maximum absolute atomic E-state index is 12.9. The van der Waals surface area contributed by atoms with Crippen molar-refractivity contribution < 1.29 is 4.39 Å². The Morgan fingerprint density at radius 1 is 1.45 bits per heavy atom. The largest absolute Gasteiger partial charge is 0.357 e. The SMILES string of the molecule is Fc1c[nH]c2cncc(Cl)c12. The van der Waals surface area contributed by atoms with Crippen LogP contribution >= 0.6 is 11.6 Å². The Kier molecular flexibility index (Phi) is 1.32. The molecule has 2 aromatic rings. The number of rotatable bonds is 0. The number of hydrogen-bond donors (Lipinski definition) is 1. The van der Waals surface area contributed by atoms with Crippen molar-refractivity contribution in [3.05, 3.63) is 29.4 Å². The summed E-state index contributed by atoms with van der Waals surface area (Å²) in [5.41, 5.74) is 0.620. The van der Waals surface area contributed by atoms with Crippen LogP contribution in [0.15, 0.2) is 18.6 Å². The highest BCUT2D eigenvalue weighted by Gasteiger charge is 2.05. The van der Waals surface area contributed by atoms with Crippen molar-refractivity contribution in [2.45, 2.75) is 0 Å². The molecule has 0 aromatic carbocycles. The Hall–Kier alpha value is -1.09. The third-order valence-corrected chi connectivity index (χ3v) is 1.78. The lowest BCUT2D eigenvalue weighted by molar-refractivity contribution is 0.639. The van der Waals surface area contributed by atoms with Gasteiger partial charge >= 0.3 is 0 Å². The van der Waals surface area contributed by atoms with Crippen LogP contribution in [0.5, 0.6) is 0 Å². The fraction of sp³-hybridized carbons (Fsp3) is 0. The molecule has 0 saturated carbocycles. The zero-order valence-corrected chi connectivity index (χ0v) is 6.19. The van der Waals surface area contributed by atoms with Gasteiger partial charge in [-0.2, -0.15) is 0 Å². The standard InChI is InChI=1S/C7H4ClFN2/c8-4-1-10-3-6-7(4)5(9)2-11-6/h1-3,11H. The molecule has 0 bridgehead atoms. The molecule has 0 unspecified atom stereocenters. The van der Waals surface area contributed by atoms with Crippen LogP contribution in [0.3, 0.4) is 0 Å². The van der Waals surface area contributed by atoms with E-state index in [1.807, 2.05) is 0 Å². The molecule has 11 heavy (non-hydrogen) atoms. The second-order valence-corrected chi connectivity index (χ2v) is 2.59. The van der Waals surface area contributed by atoms with Crippen LogP contribution in [0.25, 0.3) is 10.9 Å². The molecular formula is C7H4ClFN2. The summed E-state index contributed by atoms with van der Waals surface area (Å²) in [6.07, 6.45) is 4.21. The highest BCUT2D eigenvalue weighted by molar-refractivity contribution is 6.35. The van der Waals surface area contributed by atoms with Crippen molar-refractivity contribution in [3.63, 3.8) is 0 Å². The number of nitrogens with one attached hydrogen (secondary N) is 1. The zero-order valence-electron chi connectivity index (χ0n) is 5.44. The van der Waals surface area contributed by atoms with Gasteiger partial charge < -0.3 is 4.98 Å². The number of H-pyrrole nitrogens is 1. The van der Waals surface area contributed by atoms with Gasteiger partial charge in [0.15, 0.2) is 0 Å². The predicted molar refractivity (Wildman–Crippen MR) is 41.1 cm³/mol. The Balaban J connectivity index is 2.96. The lowest BCUT2D eigenvalue weighted by atomic mass is 10.3. The van der Waals surface area contributed by atoms with E-state index in [0.717, 1.165) is 0 Å². The highest BCUT2D eigenvalue weighted by atomic mass is 35.5. The first kappa shape index (κ1) is 6.61. The molecule has 0 fully saturated rings. The molecule has 2 heterocycles. The predicted octanol–water partition coefficient (Wildman–Crippen LogP) is 2.36. The number of aromatic amines is 1. The van der Waals surface area contributed by atoms with Crippen molar-refractivity contribution in [1.82, 2.24) is 9.97 Å². The summed E-state index contributed by atoms with van der Waals surface area (Å²) in [5.74, 6) is -0.340. The second-order valence-electron chi connectivity index (χ2n) is 2.18. The second kappa shape index (κ2) is 2.20. The van der Waals surface area contributed by atoms with E-state index in [9.17, 15) is 4.39 Å². The van der Waals surface area contributed by atoms with Gasteiger partial charge in [0, 0.05) is 12.4 Å². The van der Waals surface area contributed by atoms with Crippen molar-refractivity contribution in [2.24, 2.45) is 0 Å². The number of hydrogen-bond acceptors (Lipinski definition) is 1. The number of nitrogens with zero attached hydrogens (tertiary/aromatic N) is 1. The van der Waals surface area contributed by atoms with Gasteiger partial charge in [-0.1, -0.05) is 11.6 Å². The lowest BCUT2D eigenvalue weighted by Crippen LogP contribution is -1.74. The molecule has 2 rings (SSSR count). The summed E-state index contributed by atoms with van der Waals surface area (Å²) in [6, 6.07) is 0. The Morgan fingerprint density at radius 2 is 2.27 bits per heavy atom. The van der Waals surface area contributed by atoms with E-state index in [1.54, 1.807) is 0 Å². The van der Waals surface area contributed by atoms with Gasteiger partial charge in [0.05, 0.1) is 22.1 Å². The van der Waals surface area contributed by atoms with Crippen molar-refractivity contribution in [1.29, 1.82) is 0 Å². The van der Waals surface area contributed by atoms with Crippen LogP contribution in [0, 0.1) is 5.82 Å². The van der Waals surface area contributed by atoms with Crippen LogP contribution in [0.1, 0.15) is 0 Å². The van der Waals surface area contributed by atoms with Gasteiger partial charge in [-0.25, -0.2) is 4.39 Å². The van der Waals surface area contributed by atoms with Gasteiger partial charge in [-0.15, -0.1) is 0 Å². The third-order valence-electron chi connectivity index (χ3n) is 1.49. The van der Waals surface area contributed by atoms with E-state index >= 15 is 0 Å². The summed E-state index contributed by atoms with van der Waals surface area (Å²) in [4.78, 5) is 6.50. The van der Waals surface area contributed by atoms with Crippen molar-refractivity contribution in [3.8, 4) is 0 Å². The molecule has 0 atom stereocenters. The third kappa shape index (κ3) is 0.886. The minimum Gasteiger partial charge on any atom is -0.357 e. The number of pyridine rings is 1. The summed E-state index contributed by atoms with van der Waals surface area (Å²) in [5, 5.41) is 0.739. The topological polar surface area (TPSA) is 28.7 Å². The van der Waals surface area contributed by atoms with Crippen molar-refractivity contribution in [2.75, 3.05) is 0 Å². The van der Waals surface area contributed by atoms with E-state index in [0.29, 0.717) is 15.9 Å². The maximum atomic E-state index is 12.9. The highest BCUT2D eigenvalue weighted by Crippen LogP contribution is 2.23. The van der Waals surface area contributed by atoms with Crippen LogP contribution in [0.2, 0.25) is 5.02 Å². The molecule has 56 valence electrons. The van der Waals surface area contributed by atoms with Crippen LogP contribution in [-0.2, 0) is 0 Å². The molecule has 0 spiro atoms. The number of aromatic nitrogens is 2. The van der Waals surface area contributed by atoms with E-state index in [-0.39, 0.29) is 5.82 Å². The van der Waals surface area contributed by atoms with Gasteiger partial charge in [0.1, 0.15) is 5.82 Å². The normalized spacial score (nSPS) is 10.7. The van der Waals surface area contributed by atoms with Gasteiger partial charge in [0.25, 0.3) is 0 Å². The minimum atomic E-state index is -0.340. The summed E-state index contributed by atoms with van der Waals surface area (Å²) in [7, 11) is 0. The molecule has 0 aliphatic carbocycles. The monoisotopic (exact) mass is 170 g/mol. The summed E-state index contributed by atoms with van der Waals surface area (Å²) >= 11 is 5.68. The average molecular weight is 171 g/mol. The van der Waals surface area contributed by atoms with E-state index in [1.165, 1.54) is 18.6 Å². The number of halogens is 2. The Morgan fingerprint density at radius 3 is 3.00 bits per heavy atom. The van der Waals surface area contributed by atoms with Gasteiger partial charge in [0.2, 0.25) is 0 Å². The van der Waals surface area contributed by atoms with E-state index in [2.05, 4.69) is 9.97 Å². The minimum absolute atomic E-state index is 0.334. The smallest absolute Gasteiger partial charge is 0.150 e. The molecule has 0 saturated heterocycles. The molecule has 4 heteroatoms. The average Bonchev–Trinajstić information content (AvgIpc) is 2.34. The van der Waals surface area contributed by atoms with E-state index < -0.39 is 0 Å². The zero-order chi connectivity index (χ0) is 7.84. The first-order chi connectivity index (χ1) is 5.29.